The van der Waals surface area contributed by atoms with E-state index in [-0.39, 0.29) is 29.1 Å². The van der Waals surface area contributed by atoms with Gasteiger partial charge in [-0.05, 0) is 5.92 Å². The summed E-state index contributed by atoms with van der Waals surface area (Å²) in [6, 6.07) is 0. The Labute approximate surface area is 118 Å². The number of hydrogen-bond acceptors (Lipinski definition) is 3. The minimum Gasteiger partial charge on any atom is -0.383 e. The molecule has 0 saturated carbocycles. The van der Waals surface area contributed by atoms with E-state index in [2.05, 4.69) is 15.9 Å². The van der Waals surface area contributed by atoms with Crippen molar-refractivity contribution in [1.82, 2.24) is 9.80 Å². The van der Waals surface area contributed by atoms with Gasteiger partial charge in [0.15, 0.2) is 0 Å². The van der Waals surface area contributed by atoms with Crippen LogP contribution in [0.5, 0.6) is 0 Å². The quantitative estimate of drug-likeness (QED) is 0.656. The molecule has 18 heavy (non-hydrogen) atoms. The minimum atomic E-state index is -0.274. The minimum absolute atomic E-state index is 0.0720. The van der Waals surface area contributed by atoms with E-state index in [9.17, 15) is 9.59 Å². The zero-order valence-corrected chi connectivity index (χ0v) is 13.4. The van der Waals surface area contributed by atoms with Crippen molar-refractivity contribution < 1.29 is 14.3 Å². The van der Waals surface area contributed by atoms with Crippen molar-refractivity contribution in [3.63, 3.8) is 0 Å². The molecule has 0 rings (SSSR count). The topological polar surface area (TPSA) is 49.9 Å². The lowest BCUT2D eigenvalue weighted by molar-refractivity contribution is -0.139. The lowest BCUT2D eigenvalue weighted by Crippen LogP contribution is -2.45. The van der Waals surface area contributed by atoms with Gasteiger partial charge in [0, 0.05) is 27.7 Å². The molecule has 0 bridgehead atoms. The van der Waals surface area contributed by atoms with E-state index in [1.54, 1.807) is 21.2 Å². The number of methoxy groups -OCH3 is 1. The van der Waals surface area contributed by atoms with E-state index >= 15 is 0 Å². The van der Waals surface area contributed by atoms with Crippen LogP contribution in [0.25, 0.3) is 0 Å². The average Bonchev–Trinajstić information content (AvgIpc) is 2.31. The largest absolute Gasteiger partial charge is 0.383 e. The van der Waals surface area contributed by atoms with Crippen LogP contribution in [-0.4, -0.2) is 67.3 Å². The first-order valence-electron chi connectivity index (χ1n) is 5.93. The number of likely N-dealkylation sites (N-methyl/N-ethyl adjacent to an activating group) is 1. The molecular formula is C12H23BrN2O3. The van der Waals surface area contributed by atoms with Gasteiger partial charge in [-0.3, -0.25) is 9.59 Å². The van der Waals surface area contributed by atoms with Gasteiger partial charge in [-0.15, -0.1) is 0 Å². The van der Waals surface area contributed by atoms with Crippen LogP contribution in [0.1, 0.15) is 13.8 Å². The number of carbonyl (C=O) groups excluding carboxylic acids is 2. The summed E-state index contributed by atoms with van der Waals surface area (Å²) >= 11 is 3.37. The molecule has 6 heteroatoms. The summed E-state index contributed by atoms with van der Waals surface area (Å²) in [6.07, 6.45) is 0. The first-order chi connectivity index (χ1) is 8.31. The summed E-state index contributed by atoms with van der Waals surface area (Å²) in [5, 5.41) is 0. The highest BCUT2D eigenvalue weighted by Gasteiger charge is 2.26. The van der Waals surface area contributed by atoms with Crippen LogP contribution in [0.15, 0.2) is 0 Å². The van der Waals surface area contributed by atoms with Crippen LogP contribution in [0.2, 0.25) is 0 Å². The predicted octanol–water partition coefficient (Wildman–Crippen LogP) is 0.969. The lowest BCUT2D eigenvalue weighted by Gasteiger charge is -2.27. The Morgan fingerprint density at radius 1 is 1.28 bits per heavy atom. The molecule has 5 nitrogen and oxygen atoms in total. The lowest BCUT2D eigenvalue weighted by atomic mass is 10.1. The van der Waals surface area contributed by atoms with Crippen molar-refractivity contribution in [3.05, 3.63) is 0 Å². The molecule has 1 unspecified atom stereocenters. The van der Waals surface area contributed by atoms with Crippen molar-refractivity contribution in [3.8, 4) is 0 Å². The fourth-order valence-corrected chi connectivity index (χ4v) is 1.52. The van der Waals surface area contributed by atoms with E-state index in [1.807, 2.05) is 13.8 Å². The number of rotatable bonds is 7. The van der Waals surface area contributed by atoms with Gasteiger partial charge in [-0.1, -0.05) is 29.8 Å². The monoisotopic (exact) mass is 322 g/mol. The Bertz CT molecular complexity index is 282. The summed E-state index contributed by atoms with van der Waals surface area (Å²) < 4.78 is 4.97. The van der Waals surface area contributed by atoms with Gasteiger partial charge >= 0.3 is 0 Å². The molecule has 0 aromatic rings. The maximum Gasteiger partial charge on any atom is 0.241 e. The molecule has 0 N–H and O–H groups in total. The van der Waals surface area contributed by atoms with Crippen LogP contribution in [0.3, 0.4) is 0 Å². The molecule has 0 aromatic carbocycles. The van der Waals surface area contributed by atoms with Gasteiger partial charge in [-0.25, -0.2) is 0 Å². The molecule has 0 heterocycles. The number of halogens is 1. The van der Waals surface area contributed by atoms with Crippen LogP contribution in [0.4, 0.5) is 0 Å². The van der Waals surface area contributed by atoms with Gasteiger partial charge in [0.2, 0.25) is 11.8 Å². The molecule has 106 valence electrons. The molecule has 0 saturated heterocycles. The Hall–Kier alpha value is -0.620. The Morgan fingerprint density at radius 2 is 1.83 bits per heavy atom. The van der Waals surface area contributed by atoms with Crippen LogP contribution < -0.4 is 0 Å². The summed E-state index contributed by atoms with van der Waals surface area (Å²) in [4.78, 5) is 26.6. The number of ether oxygens (including phenoxy) is 1. The Kier molecular flexibility index (Phi) is 8.18. The normalized spacial score (nSPS) is 12.4. The third kappa shape index (κ3) is 5.82. The Morgan fingerprint density at radius 3 is 2.22 bits per heavy atom. The molecular weight excluding hydrogens is 300 g/mol. The second-order valence-corrected chi connectivity index (χ2v) is 5.67. The van der Waals surface area contributed by atoms with Gasteiger partial charge in [-0.2, -0.15) is 0 Å². The van der Waals surface area contributed by atoms with E-state index < -0.39 is 0 Å². The molecule has 0 fully saturated rings. The molecule has 0 aliphatic rings. The maximum atomic E-state index is 12.2. The van der Waals surface area contributed by atoms with Crippen molar-refractivity contribution in [2.24, 2.45) is 5.92 Å². The number of hydrogen-bond donors (Lipinski definition) is 0. The summed E-state index contributed by atoms with van der Waals surface area (Å²) in [6.45, 7) is 4.84. The van der Waals surface area contributed by atoms with Crippen LogP contribution >= 0.6 is 15.9 Å². The molecule has 2 amide bonds. The fourth-order valence-electron chi connectivity index (χ4n) is 1.23. The van der Waals surface area contributed by atoms with Gasteiger partial charge < -0.3 is 14.5 Å². The molecule has 0 aliphatic heterocycles. The summed E-state index contributed by atoms with van der Waals surface area (Å²) in [7, 11) is 4.93. The highest BCUT2D eigenvalue weighted by molar-refractivity contribution is 9.10. The number of amides is 2. The second kappa shape index (κ2) is 8.48. The third-order valence-corrected chi connectivity index (χ3v) is 3.97. The molecule has 1 atom stereocenters. The first-order valence-corrected chi connectivity index (χ1v) is 6.84. The second-order valence-electron chi connectivity index (χ2n) is 4.69. The van der Waals surface area contributed by atoms with E-state index in [4.69, 9.17) is 4.74 Å². The smallest absolute Gasteiger partial charge is 0.241 e. The van der Waals surface area contributed by atoms with E-state index in [1.165, 1.54) is 9.80 Å². The van der Waals surface area contributed by atoms with Crippen molar-refractivity contribution in [2.45, 2.75) is 18.7 Å². The van der Waals surface area contributed by atoms with Crippen molar-refractivity contribution >= 4 is 27.7 Å². The molecule has 0 aliphatic carbocycles. The molecule has 0 aromatic heterocycles. The third-order valence-electron chi connectivity index (χ3n) is 2.52. The summed E-state index contributed by atoms with van der Waals surface area (Å²) in [5.41, 5.74) is 0. The highest BCUT2D eigenvalue weighted by Crippen LogP contribution is 2.15. The van der Waals surface area contributed by atoms with Crippen molar-refractivity contribution in [2.75, 3.05) is 40.9 Å². The van der Waals surface area contributed by atoms with Crippen LogP contribution in [-0.2, 0) is 14.3 Å². The van der Waals surface area contributed by atoms with E-state index in [0.29, 0.717) is 13.2 Å². The zero-order valence-electron chi connectivity index (χ0n) is 11.8. The number of nitrogens with zero attached hydrogens (tertiary/aromatic N) is 2. The zero-order chi connectivity index (χ0) is 14.3. The van der Waals surface area contributed by atoms with Gasteiger partial charge in [0.1, 0.15) is 0 Å². The average molecular weight is 323 g/mol. The summed E-state index contributed by atoms with van der Waals surface area (Å²) in [5.74, 6) is 0.0113. The maximum absolute atomic E-state index is 12.2. The SMILES string of the molecule is COCCN(CC(=O)N(C)C)C(=O)C(Br)C(C)C. The van der Waals surface area contributed by atoms with E-state index in [0.717, 1.165) is 0 Å². The Balaban J connectivity index is 4.66. The molecule has 0 spiro atoms. The van der Waals surface area contributed by atoms with Crippen molar-refractivity contribution in [1.29, 1.82) is 0 Å². The van der Waals surface area contributed by atoms with Gasteiger partial charge in [0.25, 0.3) is 0 Å². The first kappa shape index (κ1) is 17.4. The predicted molar refractivity (Wildman–Crippen MR) is 74.7 cm³/mol. The number of carbonyl (C=O) groups is 2. The molecule has 0 radical (unpaired) electrons. The van der Waals surface area contributed by atoms with Gasteiger partial charge in [0.05, 0.1) is 18.0 Å². The number of alkyl halides is 1. The van der Waals surface area contributed by atoms with Crippen LogP contribution in [0, 0.1) is 5.92 Å². The fraction of sp³-hybridized carbons (Fsp3) is 0.833. The standard InChI is InChI=1S/C12H23BrN2O3/c1-9(2)11(13)12(17)15(6-7-18-5)8-10(16)14(3)4/h9,11H,6-8H2,1-5H3. The highest BCUT2D eigenvalue weighted by atomic mass is 79.9.